The third-order valence-corrected chi connectivity index (χ3v) is 4.83. The van der Waals surface area contributed by atoms with Gasteiger partial charge in [-0.2, -0.15) is 0 Å². The molecule has 2 aromatic carbocycles. The number of ether oxygens (including phenoxy) is 1. The van der Waals surface area contributed by atoms with Crippen LogP contribution in [0.2, 0.25) is 5.02 Å². The molecule has 2 atom stereocenters. The van der Waals surface area contributed by atoms with Crippen LogP contribution < -0.4 is 4.74 Å². The Bertz CT molecular complexity index is 1010. The number of carboxylic acids is 2. The maximum absolute atomic E-state index is 9.55. The lowest BCUT2D eigenvalue weighted by molar-refractivity contribution is -0.134. The van der Waals surface area contributed by atoms with Gasteiger partial charge >= 0.3 is 11.9 Å². The Morgan fingerprint density at radius 1 is 1.07 bits per heavy atom. The highest BCUT2D eigenvalue weighted by Crippen LogP contribution is 2.49. The highest BCUT2D eigenvalue weighted by Gasteiger charge is 2.38. The van der Waals surface area contributed by atoms with Crippen molar-refractivity contribution in [3.63, 3.8) is 0 Å². The molecule has 6 nitrogen and oxygen atoms in total. The van der Waals surface area contributed by atoms with E-state index in [-0.39, 0.29) is 11.8 Å². The zero-order valence-corrected chi connectivity index (χ0v) is 15.5. The van der Waals surface area contributed by atoms with E-state index >= 15 is 0 Å². The molecule has 2 heterocycles. The highest BCUT2D eigenvalue weighted by atomic mass is 35.5. The molecule has 4 rings (SSSR count). The number of fused-ring (bicyclic) bond motifs is 5. The Kier molecular flexibility index (Phi) is 4.88. The summed E-state index contributed by atoms with van der Waals surface area (Å²) in [6.45, 7) is -1.11. The predicted octanol–water partition coefficient (Wildman–Crippen LogP) is 3.97. The van der Waals surface area contributed by atoms with Crippen LogP contribution in [-0.2, 0) is 9.59 Å². The van der Waals surface area contributed by atoms with Crippen LogP contribution in [-0.4, -0.2) is 47.1 Å². The van der Waals surface area contributed by atoms with Gasteiger partial charge in [-0.3, -0.25) is 0 Å². The molecule has 28 heavy (non-hydrogen) atoms. The Labute approximate surface area is 171 Å². The van der Waals surface area contributed by atoms with Gasteiger partial charge in [-0.25, -0.2) is 9.59 Å². The summed E-state index contributed by atoms with van der Waals surface area (Å²) in [5.41, 5.74) is 2.06. The first-order chi connectivity index (χ1) is 14.6. The molecule has 1 fully saturated rings. The molecule has 0 bridgehead atoms. The maximum Gasteiger partial charge on any atom is 0.328 e. The SMILES string of the molecule is O=C(O)/C=C\C(=O)O.[2H][13C]([2H])([2H])N1CC2c3ccccc3Oc3ccc(Cl)cc3C2C1. The molecule has 2 aromatic rings. The lowest BCUT2D eigenvalue weighted by Crippen LogP contribution is -2.14. The first-order valence-electron chi connectivity index (χ1n) is 10.0. The van der Waals surface area contributed by atoms with Gasteiger partial charge < -0.3 is 19.8 Å². The van der Waals surface area contributed by atoms with Crippen LogP contribution in [0.25, 0.3) is 0 Å². The summed E-state index contributed by atoms with van der Waals surface area (Å²) < 4.78 is 29.3. The first-order valence-corrected chi connectivity index (χ1v) is 8.89. The zero-order valence-electron chi connectivity index (χ0n) is 17.7. The second-order valence-corrected chi connectivity index (χ2v) is 6.89. The fraction of sp³-hybridized carbons (Fsp3) is 0.238. The van der Waals surface area contributed by atoms with Gasteiger partial charge in [-0.15, -0.1) is 0 Å². The number of carboxylic acid groups (broad SMARTS) is 2. The van der Waals surface area contributed by atoms with Crippen molar-refractivity contribution in [3.05, 3.63) is 70.8 Å². The second kappa shape index (κ2) is 8.46. The van der Waals surface area contributed by atoms with E-state index in [1.165, 1.54) is 0 Å². The topological polar surface area (TPSA) is 87.1 Å². The average molecular weight is 406 g/mol. The number of halogens is 1. The molecule has 0 amide bonds. The minimum Gasteiger partial charge on any atom is -0.478 e. The fourth-order valence-electron chi connectivity index (χ4n) is 3.48. The van der Waals surface area contributed by atoms with Crippen LogP contribution in [0.5, 0.6) is 11.5 Å². The van der Waals surface area contributed by atoms with Crippen LogP contribution in [0.3, 0.4) is 0 Å². The van der Waals surface area contributed by atoms with Gasteiger partial charge in [0.2, 0.25) is 0 Å². The van der Waals surface area contributed by atoms with Crippen molar-refractivity contribution in [3.8, 4) is 11.5 Å². The molecule has 1 saturated heterocycles. The Hall–Kier alpha value is -2.83. The average Bonchev–Trinajstić information content (AvgIpc) is 3.09. The Morgan fingerprint density at radius 2 is 1.68 bits per heavy atom. The van der Waals surface area contributed by atoms with E-state index in [0.29, 0.717) is 30.3 Å². The van der Waals surface area contributed by atoms with E-state index in [1.807, 2.05) is 36.4 Å². The molecule has 2 aliphatic rings. The van der Waals surface area contributed by atoms with Gasteiger partial charge in [0.05, 0.1) is 0 Å². The lowest BCUT2D eigenvalue weighted by Gasteiger charge is -2.17. The summed E-state index contributed by atoms with van der Waals surface area (Å²) in [7, 11) is 0. The molecule has 7 heteroatoms. The molecule has 0 aromatic heterocycles. The third kappa shape index (κ3) is 4.52. The predicted molar refractivity (Wildman–Crippen MR) is 105 cm³/mol. The van der Waals surface area contributed by atoms with Crippen LogP contribution in [0.15, 0.2) is 54.6 Å². The van der Waals surface area contributed by atoms with E-state index in [1.54, 1.807) is 11.0 Å². The van der Waals surface area contributed by atoms with Crippen molar-refractivity contribution in [1.29, 1.82) is 0 Å². The first kappa shape index (κ1) is 16.2. The van der Waals surface area contributed by atoms with Crippen molar-refractivity contribution in [2.75, 3.05) is 20.1 Å². The normalized spacial score (nSPS) is 22.1. The summed E-state index contributed by atoms with van der Waals surface area (Å²) in [4.78, 5) is 20.7. The molecular formula is C21H20ClNO5. The molecule has 0 aliphatic carbocycles. The minimum atomic E-state index is -2.08. The van der Waals surface area contributed by atoms with Gasteiger partial charge in [0.1, 0.15) is 11.5 Å². The quantitative estimate of drug-likeness (QED) is 0.580. The molecule has 2 N–H and O–H groups in total. The molecule has 0 saturated carbocycles. The molecule has 2 unspecified atom stereocenters. The van der Waals surface area contributed by atoms with E-state index in [4.69, 9.17) is 30.7 Å². The van der Waals surface area contributed by atoms with Crippen molar-refractivity contribution in [2.45, 2.75) is 11.8 Å². The van der Waals surface area contributed by atoms with Gasteiger partial charge in [0, 0.05) is 51.8 Å². The summed E-state index contributed by atoms with van der Waals surface area (Å²) >= 11 is 6.18. The van der Waals surface area contributed by atoms with Crippen LogP contribution in [0.1, 0.15) is 27.1 Å². The zero-order chi connectivity index (χ0) is 22.8. The second-order valence-electron chi connectivity index (χ2n) is 6.45. The Balaban J connectivity index is 0.000000293. The van der Waals surface area contributed by atoms with E-state index in [0.717, 1.165) is 22.6 Å². The molecule has 0 spiro atoms. The third-order valence-electron chi connectivity index (χ3n) is 4.60. The van der Waals surface area contributed by atoms with Gasteiger partial charge in [-0.1, -0.05) is 29.8 Å². The molecule has 146 valence electrons. The lowest BCUT2D eigenvalue weighted by atomic mass is 9.84. The van der Waals surface area contributed by atoms with Gasteiger partial charge in [-0.05, 0) is 36.8 Å². The standard InChI is InChI=1S/C17H16ClNO.C4H4O4/c1-19-9-14-12-4-2-3-5-16(12)20-17-7-6-11(18)8-13(17)15(14)10-19;5-3(6)1-2-4(7)8/h2-8,14-15H,9-10H2,1H3;1-2H,(H,5,6)(H,7,8)/b;2-1-/i1+1D3;. The largest absolute Gasteiger partial charge is 0.478 e. The smallest absolute Gasteiger partial charge is 0.328 e. The summed E-state index contributed by atoms with van der Waals surface area (Å²) in [5, 5.41) is 16.3. The van der Waals surface area contributed by atoms with E-state index < -0.39 is 18.9 Å². The summed E-state index contributed by atoms with van der Waals surface area (Å²) in [5.74, 6) is -0.795. The van der Waals surface area contributed by atoms with E-state index in [9.17, 15) is 9.59 Å². The van der Waals surface area contributed by atoms with Crippen molar-refractivity contribution >= 4 is 23.5 Å². The van der Waals surface area contributed by atoms with Crippen LogP contribution in [0.4, 0.5) is 0 Å². The van der Waals surface area contributed by atoms with Gasteiger partial charge in [0.25, 0.3) is 0 Å². The number of para-hydroxylation sites is 1. The number of likely N-dealkylation sites (tertiary alicyclic amines) is 1. The van der Waals surface area contributed by atoms with Crippen LogP contribution in [0, 0.1) is 0 Å². The van der Waals surface area contributed by atoms with Crippen LogP contribution >= 0.6 is 11.6 Å². The molecular weight excluding hydrogens is 383 g/mol. The number of nitrogens with zero attached hydrogens (tertiary/aromatic N) is 1. The van der Waals surface area contributed by atoms with E-state index in [2.05, 4.69) is 0 Å². The van der Waals surface area contributed by atoms with Gasteiger partial charge in [0.15, 0.2) is 0 Å². The molecule has 2 aliphatic heterocycles. The summed E-state index contributed by atoms with van der Waals surface area (Å²) in [6.07, 6.45) is 1.12. The Morgan fingerprint density at radius 3 is 2.32 bits per heavy atom. The summed E-state index contributed by atoms with van der Waals surface area (Å²) in [6, 6.07) is 13.5. The van der Waals surface area contributed by atoms with Crippen molar-refractivity contribution < 1.29 is 28.7 Å². The number of hydrogen-bond donors (Lipinski definition) is 2. The number of benzene rings is 2. The molecule has 0 radical (unpaired) electrons. The minimum absolute atomic E-state index is 0.0628. The highest BCUT2D eigenvalue weighted by molar-refractivity contribution is 6.30. The van der Waals surface area contributed by atoms with Crippen molar-refractivity contribution in [1.82, 2.24) is 4.90 Å². The number of aliphatic carboxylic acids is 2. The maximum atomic E-state index is 9.55. The number of likely N-dealkylation sites (N-methyl/N-ethyl adjacent to an activating group) is 1. The monoisotopic (exact) mass is 405 g/mol. The number of carbonyl (C=O) groups is 2. The van der Waals surface area contributed by atoms with Crippen molar-refractivity contribution in [2.24, 2.45) is 0 Å². The fourth-order valence-corrected chi connectivity index (χ4v) is 3.66. The number of rotatable bonds is 2. The number of hydrogen-bond acceptors (Lipinski definition) is 4.